The summed E-state index contributed by atoms with van der Waals surface area (Å²) in [5.74, 6) is 1.75. The van der Waals surface area contributed by atoms with Crippen molar-refractivity contribution in [3.05, 3.63) is 24.2 Å². The molecule has 5 nitrogen and oxygen atoms in total. The maximum atomic E-state index is 6.04. The molecule has 3 rings (SSSR count). The summed E-state index contributed by atoms with van der Waals surface area (Å²) in [5, 5.41) is 0. The Bertz CT molecular complexity index is 633. The van der Waals surface area contributed by atoms with Crippen LogP contribution in [0.25, 0.3) is 11.3 Å². The first-order chi connectivity index (χ1) is 9.11. The standard InChI is InChI=1S/C14H18N4O/c1-9-16-8-13-10-6-11(15)14(19-3)7-12(10)17(2)4-5-18(9)13/h6-8H,4-5,15H2,1-3H3. The number of likely N-dealkylation sites (N-methyl/N-ethyl adjacent to an activating group) is 1. The van der Waals surface area contributed by atoms with Gasteiger partial charge in [-0.05, 0) is 13.0 Å². The van der Waals surface area contributed by atoms with Gasteiger partial charge in [0.05, 0.1) is 24.7 Å². The van der Waals surface area contributed by atoms with Crippen LogP contribution in [0.2, 0.25) is 0 Å². The normalized spacial score (nSPS) is 13.7. The van der Waals surface area contributed by atoms with Crippen molar-refractivity contribution >= 4 is 11.4 Å². The van der Waals surface area contributed by atoms with E-state index in [1.807, 2.05) is 25.3 Å². The average molecular weight is 258 g/mol. The number of nitrogens with two attached hydrogens (primary N) is 1. The second-order valence-electron chi connectivity index (χ2n) is 4.88. The van der Waals surface area contributed by atoms with Gasteiger partial charge in [0.25, 0.3) is 0 Å². The van der Waals surface area contributed by atoms with Crippen molar-refractivity contribution in [1.82, 2.24) is 9.55 Å². The van der Waals surface area contributed by atoms with Crippen molar-refractivity contribution in [2.75, 3.05) is 31.3 Å². The molecule has 0 fully saturated rings. The Balaban J connectivity index is 2.27. The van der Waals surface area contributed by atoms with E-state index in [0.29, 0.717) is 5.69 Å². The lowest BCUT2D eigenvalue weighted by Crippen LogP contribution is -2.21. The third-order valence-corrected chi connectivity index (χ3v) is 3.75. The molecule has 0 atom stereocenters. The molecule has 0 saturated carbocycles. The van der Waals surface area contributed by atoms with E-state index in [0.717, 1.165) is 41.6 Å². The SMILES string of the molecule is COc1cc2c(cc1N)-c1cnc(C)n1CCN2C. The van der Waals surface area contributed by atoms with E-state index in [1.54, 1.807) is 7.11 Å². The van der Waals surface area contributed by atoms with Crippen LogP contribution in [0.1, 0.15) is 5.82 Å². The second kappa shape index (κ2) is 4.19. The number of aryl methyl sites for hydroxylation is 1. The molecule has 2 N–H and O–H groups in total. The number of nitrogens with zero attached hydrogens (tertiary/aromatic N) is 3. The zero-order chi connectivity index (χ0) is 13.6. The summed E-state index contributed by atoms with van der Waals surface area (Å²) in [4.78, 5) is 6.63. The average Bonchev–Trinajstić information content (AvgIpc) is 2.70. The Kier molecular flexibility index (Phi) is 2.62. The molecule has 19 heavy (non-hydrogen) atoms. The van der Waals surface area contributed by atoms with Crippen molar-refractivity contribution in [3.63, 3.8) is 0 Å². The number of nitrogen functional groups attached to an aromatic ring is 1. The minimum atomic E-state index is 0.655. The van der Waals surface area contributed by atoms with E-state index in [-0.39, 0.29) is 0 Å². The fraction of sp³-hybridized carbons (Fsp3) is 0.357. The van der Waals surface area contributed by atoms with E-state index in [9.17, 15) is 0 Å². The van der Waals surface area contributed by atoms with Gasteiger partial charge in [-0.3, -0.25) is 0 Å². The van der Waals surface area contributed by atoms with Gasteiger partial charge in [0, 0.05) is 37.5 Å². The number of rotatable bonds is 1. The van der Waals surface area contributed by atoms with E-state index in [4.69, 9.17) is 10.5 Å². The summed E-state index contributed by atoms with van der Waals surface area (Å²) in [7, 11) is 3.73. The highest BCUT2D eigenvalue weighted by molar-refractivity contribution is 5.83. The predicted octanol–water partition coefficient (Wildman–Crippen LogP) is 1.90. The van der Waals surface area contributed by atoms with Crippen LogP contribution >= 0.6 is 0 Å². The quantitative estimate of drug-likeness (QED) is 0.794. The molecule has 1 aliphatic rings. The van der Waals surface area contributed by atoms with E-state index in [1.165, 1.54) is 0 Å². The van der Waals surface area contributed by atoms with Gasteiger partial charge in [0.2, 0.25) is 0 Å². The fourth-order valence-electron chi connectivity index (χ4n) is 2.62. The fourth-order valence-corrected chi connectivity index (χ4v) is 2.62. The summed E-state index contributed by atoms with van der Waals surface area (Å²) < 4.78 is 7.55. The predicted molar refractivity (Wildman–Crippen MR) is 76.6 cm³/mol. The number of anilines is 2. The largest absolute Gasteiger partial charge is 0.495 e. The number of fused-ring (bicyclic) bond motifs is 3. The van der Waals surface area contributed by atoms with Crippen LogP contribution in [-0.4, -0.2) is 30.3 Å². The van der Waals surface area contributed by atoms with Gasteiger partial charge in [-0.15, -0.1) is 0 Å². The van der Waals surface area contributed by atoms with Gasteiger partial charge >= 0.3 is 0 Å². The Morgan fingerprint density at radius 1 is 1.32 bits per heavy atom. The Labute approximate surface area is 112 Å². The molecule has 100 valence electrons. The van der Waals surface area contributed by atoms with Crippen LogP contribution in [0.4, 0.5) is 11.4 Å². The molecule has 0 bridgehead atoms. The molecule has 0 unspecified atom stereocenters. The molecule has 0 radical (unpaired) electrons. The van der Waals surface area contributed by atoms with Crippen molar-refractivity contribution in [2.24, 2.45) is 0 Å². The zero-order valence-electron chi connectivity index (χ0n) is 11.5. The van der Waals surface area contributed by atoms with Crippen molar-refractivity contribution in [3.8, 4) is 17.0 Å². The van der Waals surface area contributed by atoms with Gasteiger partial charge in [0.1, 0.15) is 11.6 Å². The lowest BCUT2D eigenvalue weighted by Gasteiger charge is -2.20. The van der Waals surface area contributed by atoms with E-state index in [2.05, 4.69) is 21.5 Å². The first kappa shape index (κ1) is 11.9. The number of benzene rings is 1. The number of aromatic nitrogens is 2. The molecule has 0 spiro atoms. The van der Waals surface area contributed by atoms with Crippen molar-refractivity contribution in [1.29, 1.82) is 0 Å². The Hall–Kier alpha value is -2.17. The van der Waals surface area contributed by atoms with Crippen LogP contribution in [-0.2, 0) is 6.54 Å². The van der Waals surface area contributed by atoms with Gasteiger partial charge in [0.15, 0.2) is 0 Å². The number of hydrogen-bond donors (Lipinski definition) is 1. The van der Waals surface area contributed by atoms with Crippen LogP contribution in [0.3, 0.4) is 0 Å². The molecule has 5 heteroatoms. The summed E-state index contributed by atoms with van der Waals surface area (Å²) in [6.07, 6.45) is 1.92. The minimum Gasteiger partial charge on any atom is -0.495 e. The molecule has 0 saturated heterocycles. The van der Waals surface area contributed by atoms with Gasteiger partial charge in [-0.2, -0.15) is 0 Å². The summed E-state index contributed by atoms with van der Waals surface area (Å²) in [6, 6.07) is 3.98. The Morgan fingerprint density at radius 2 is 2.11 bits per heavy atom. The van der Waals surface area contributed by atoms with Crippen molar-refractivity contribution in [2.45, 2.75) is 13.5 Å². The molecule has 2 aromatic rings. The lowest BCUT2D eigenvalue weighted by molar-refractivity contribution is 0.417. The molecule has 1 aromatic carbocycles. The summed E-state index contributed by atoms with van der Waals surface area (Å²) in [5.41, 5.74) is 10.1. The first-order valence-corrected chi connectivity index (χ1v) is 6.33. The minimum absolute atomic E-state index is 0.655. The molecular weight excluding hydrogens is 240 g/mol. The topological polar surface area (TPSA) is 56.3 Å². The van der Waals surface area contributed by atoms with Gasteiger partial charge < -0.3 is 19.9 Å². The highest BCUT2D eigenvalue weighted by atomic mass is 16.5. The molecule has 0 aliphatic carbocycles. The van der Waals surface area contributed by atoms with Crippen molar-refractivity contribution < 1.29 is 4.74 Å². The van der Waals surface area contributed by atoms with Crippen LogP contribution < -0.4 is 15.4 Å². The highest BCUT2D eigenvalue weighted by Gasteiger charge is 2.21. The summed E-state index contributed by atoms with van der Waals surface area (Å²) in [6.45, 7) is 3.89. The number of methoxy groups -OCH3 is 1. The summed E-state index contributed by atoms with van der Waals surface area (Å²) >= 11 is 0. The second-order valence-corrected chi connectivity index (χ2v) is 4.88. The van der Waals surface area contributed by atoms with Crippen LogP contribution in [0.15, 0.2) is 18.3 Å². The third-order valence-electron chi connectivity index (χ3n) is 3.75. The molecule has 0 amide bonds. The molecule has 1 aliphatic heterocycles. The molecular formula is C14H18N4O. The number of hydrogen-bond acceptors (Lipinski definition) is 4. The molecule has 2 heterocycles. The number of imidazole rings is 1. The first-order valence-electron chi connectivity index (χ1n) is 6.33. The smallest absolute Gasteiger partial charge is 0.143 e. The van der Waals surface area contributed by atoms with E-state index < -0.39 is 0 Å². The monoisotopic (exact) mass is 258 g/mol. The third kappa shape index (κ3) is 1.73. The molecule has 1 aromatic heterocycles. The Morgan fingerprint density at radius 3 is 2.84 bits per heavy atom. The van der Waals surface area contributed by atoms with E-state index >= 15 is 0 Å². The maximum absolute atomic E-state index is 6.04. The number of ether oxygens (including phenoxy) is 1. The van der Waals surface area contributed by atoms with Gasteiger partial charge in [-0.25, -0.2) is 4.98 Å². The van der Waals surface area contributed by atoms with Crippen LogP contribution in [0.5, 0.6) is 5.75 Å². The lowest BCUT2D eigenvalue weighted by atomic mass is 10.1. The van der Waals surface area contributed by atoms with Crippen LogP contribution in [0, 0.1) is 6.92 Å². The highest BCUT2D eigenvalue weighted by Crippen LogP contribution is 2.39. The maximum Gasteiger partial charge on any atom is 0.143 e. The van der Waals surface area contributed by atoms with Gasteiger partial charge in [-0.1, -0.05) is 0 Å². The zero-order valence-corrected chi connectivity index (χ0v) is 11.5.